The van der Waals surface area contributed by atoms with E-state index in [1.165, 1.54) is 0 Å². The van der Waals surface area contributed by atoms with E-state index in [0.29, 0.717) is 18.5 Å². The zero-order valence-corrected chi connectivity index (χ0v) is 19.6. The summed E-state index contributed by atoms with van der Waals surface area (Å²) >= 11 is 0. The van der Waals surface area contributed by atoms with Gasteiger partial charge < -0.3 is 25.0 Å². The third-order valence-electron chi connectivity index (χ3n) is 8.49. The van der Waals surface area contributed by atoms with E-state index >= 15 is 0 Å². The number of nitrogens with zero attached hydrogens (tertiary/aromatic N) is 2. The van der Waals surface area contributed by atoms with Crippen molar-refractivity contribution in [3.05, 3.63) is 42.0 Å². The second kappa shape index (κ2) is 6.00. The molecule has 2 N–H and O–H groups in total. The van der Waals surface area contributed by atoms with Gasteiger partial charge in [-0.05, 0) is 38.8 Å². The largest absolute Gasteiger partial charge is 0.483 e. The molecule has 7 heteroatoms. The van der Waals surface area contributed by atoms with Crippen molar-refractivity contribution >= 4 is 23.6 Å². The van der Waals surface area contributed by atoms with E-state index in [1.807, 2.05) is 52.0 Å². The first-order chi connectivity index (χ1) is 15.5. The number of aliphatic hydroxyl groups is 1. The summed E-state index contributed by atoms with van der Waals surface area (Å²) in [7, 11) is 0. The minimum absolute atomic E-state index is 0.0644. The van der Waals surface area contributed by atoms with Crippen molar-refractivity contribution in [3.63, 3.8) is 0 Å². The summed E-state index contributed by atoms with van der Waals surface area (Å²) in [6.45, 7) is 12.6. The van der Waals surface area contributed by atoms with E-state index in [1.54, 1.807) is 15.9 Å². The van der Waals surface area contributed by atoms with Gasteiger partial charge in [0.1, 0.15) is 29.0 Å². The molecule has 0 radical (unpaired) electrons. The number of benzene rings is 1. The minimum atomic E-state index is -1.47. The third kappa shape index (κ3) is 2.29. The van der Waals surface area contributed by atoms with Crippen LogP contribution >= 0.6 is 0 Å². The van der Waals surface area contributed by atoms with Crippen molar-refractivity contribution in [1.29, 1.82) is 0 Å². The van der Waals surface area contributed by atoms with Gasteiger partial charge in [0.15, 0.2) is 5.66 Å². The minimum Gasteiger partial charge on any atom is -0.483 e. The van der Waals surface area contributed by atoms with Gasteiger partial charge >= 0.3 is 0 Å². The van der Waals surface area contributed by atoms with E-state index in [4.69, 9.17) is 4.74 Å². The van der Waals surface area contributed by atoms with Crippen molar-refractivity contribution in [2.45, 2.75) is 75.9 Å². The summed E-state index contributed by atoms with van der Waals surface area (Å²) in [6, 6.07) is 2.69. The Morgan fingerprint density at radius 1 is 1.24 bits per heavy atom. The number of amides is 2. The number of hydrogen-bond donors (Lipinski definition) is 2. The molecule has 0 bridgehead atoms. The van der Waals surface area contributed by atoms with Gasteiger partial charge in [-0.1, -0.05) is 26.0 Å². The van der Waals surface area contributed by atoms with Crippen LogP contribution in [0.1, 0.15) is 58.1 Å². The molecule has 6 rings (SSSR count). The summed E-state index contributed by atoms with van der Waals surface area (Å²) in [5.74, 6) is 0.569. The second-order valence-electron chi connectivity index (χ2n) is 11.2. The SMILES string of the molecule is C=CC(C)(C)[C@@]12Nc3cc4c(cc3[C@]1(O)C[C@H]1C(=O)N3CCC[C@H]3C(=O)N12)C=CC(C)(C)O4. The Labute approximate surface area is 194 Å². The monoisotopic (exact) mass is 449 g/mol. The summed E-state index contributed by atoms with van der Waals surface area (Å²) in [6.07, 6.45) is 7.41. The van der Waals surface area contributed by atoms with Crippen LogP contribution in [-0.2, 0) is 15.2 Å². The van der Waals surface area contributed by atoms with E-state index in [2.05, 4.69) is 11.9 Å². The molecule has 1 aromatic carbocycles. The van der Waals surface area contributed by atoms with Crippen molar-refractivity contribution in [2.75, 3.05) is 11.9 Å². The molecule has 0 unspecified atom stereocenters. The highest BCUT2D eigenvalue weighted by Gasteiger charge is 2.76. The Hall–Kier alpha value is -2.80. The number of carbonyl (C=O) groups excluding carboxylic acids is 2. The number of ether oxygens (including phenoxy) is 1. The van der Waals surface area contributed by atoms with E-state index in [-0.39, 0.29) is 18.2 Å². The van der Waals surface area contributed by atoms with Crippen LogP contribution in [0.15, 0.2) is 30.9 Å². The summed E-state index contributed by atoms with van der Waals surface area (Å²) in [5, 5.41) is 16.1. The van der Waals surface area contributed by atoms with Gasteiger partial charge in [0, 0.05) is 41.3 Å². The highest BCUT2D eigenvalue weighted by molar-refractivity contribution is 6.00. The van der Waals surface area contributed by atoms with Gasteiger partial charge in [-0.25, -0.2) is 0 Å². The lowest BCUT2D eigenvalue weighted by molar-refractivity contribution is -0.169. The van der Waals surface area contributed by atoms with E-state index < -0.39 is 34.4 Å². The molecular weight excluding hydrogens is 418 g/mol. The molecule has 33 heavy (non-hydrogen) atoms. The number of nitrogens with one attached hydrogen (secondary N) is 1. The van der Waals surface area contributed by atoms with Crippen LogP contribution in [0, 0.1) is 5.41 Å². The van der Waals surface area contributed by atoms with Gasteiger partial charge in [0.2, 0.25) is 11.8 Å². The lowest BCUT2D eigenvalue weighted by atomic mass is 9.68. The van der Waals surface area contributed by atoms with Gasteiger partial charge in [-0.2, -0.15) is 0 Å². The van der Waals surface area contributed by atoms with Gasteiger partial charge in [-0.15, -0.1) is 6.58 Å². The molecule has 0 aromatic heterocycles. The number of rotatable bonds is 2. The molecule has 0 saturated carbocycles. The Morgan fingerprint density at radius 3 is 2.73 bits per heavy atom. The van der Waals surface area contributed by atoms with Crippen LogP contribution in [0.2, 0.25) is 0 Å². The predicted octanol–water partition coefficient (Wildman–Crippen LogP) is 3.00. The van der Waals surface area contributed by atoms with Crippen molar-refractivity contribution in [1.82, 2.24) is 9.80 Å². The predicted molar refractivity (Wildman–Crippen MR) is 124 cm³/mol. The number of carbonyl (C=O) groups is 2. The second-order valence-corrected chi connectivity index (χ2v) is 11.2. The zero-order valence-electron chi connectivity index (χ0n) is 19.6. The molecule has 0 spiro atoms. The van der Waals surface area contributed by atoms with Crippen LogP contribution in [-0.4, -0.2) is 56.6 Å². The van der Waals surface area contributed by atoms with Gasteiger partial charge in [0.05, 0.1) is 0 Å². The number of hydrogen-bond acceptors (Lipinski definition) is 5. The van der Waals surface area contributed by atoms with Gasteiger partial charge in [-0.3, -0.25) is 9.59 Å². The number of piperazine rings is 1. The number of anilines is 1. The molecule has 1 aromatic rings. The maximum absolute atomic E-state index is 13.9. The molecule has 2 amide bonds. The molecule has 4 atom stereocenters. The molecule has 7 nitrogen and oxygen atoms in total. The number of fused-ring (bicyclic) bond motifs is 7. The normalized spacial score (nSPS) is 35.3. The fourth-order valence-corrected chi connectivity index (χ4v) is 6.79. The van der Waals surface area contributed by atoms with Gasteiger partial charge in [0.25, 0.3) is 0 Å². The Kier molecular flexibility index (Phi) is 3.78. The zero-order chi connectivity index (χ0) is 23.6. The van der Waals surface area contributed by atoms with E-state index in [0.717, 1.165) is 23.4 Å². The van der Waals surface area contributed by atoms with Crippen LogP contribution in [0.4, 0.5) is 5.69 Å². The van der Waals surface area contributed by atoms with Crippen LogP contribution in [0.25, 0.3) is 6.08 Å². The van der Waals surface area contributed by atoms with Crippen LogP contribution in [0.5, 0.6) is 5.75 Å². The average molecular weight is 450 g/mol. The summed E-state index contributed by atoms with van der Waals surface area (Å²) in [5.41, 5.74) is -1.59. The molecule has 5 aliphatic heterocycles. The van der Waals surface area contributed by atoms with Crippen molar-refractivity contribution < 1.29 is 19.4 Å². The smallest absolute Gasteiger partial charge is 0.248 e. The maximum atomic E-state index is 13.9. The van der Waals surface area contributed by atoms with Crippen LogP contribution < -0.4 is 10.1 Å². The lowest BCUT2D eigenvalue weighted by Gasteiger charge is -2.54. The molecule has 174 valence electrons. The third-order valence-corrected chi connectivity index (χ3v) is 8.49. The summed E-state index contributed by atoms with van der Waals surface area (Å²) < 4.78 is 6.18. The topological polar surface area (TPSA) is 82.1 Å². The first-order valence-corrected chi connectivity index (χ1v) is 11.8. The highest BCUT2D eigenvalue weighted by Crippen LogP contribution is 2.64. The molecule has 5 heterocycles. The maximum Gasteiger partial charge on any atom is 0.248 e. The molecule has 3 fully saturated rings. The van der Waals surface area contributed by atoms with Crippen LogP contribution in [0.3, 0.4) is 0 Å². The lowest BCUT2D eigenvalue weighted by Crippen LogP contribution is -2.73. The quantitative estimate of drug-likeness (QED) is 0.679. The standard InChI is InChI=1S/C26H31N3O4/c1-6-23(2,3)26-25(32,14-19-21(30)28-11-7-8-18(28)22(31)29(19)26)16-12-15-9-10-24(4,5)33-20(15)13-17(16)27-26/h6,9-10,12-13,18-19,27,32H,1,7-8,11,14H2,2-5H3/t18-,19-,25+,26-/m0/s1. The molecule has 5 aliphatic rings. The van der Waals surface area contributed by atoms with Crippen molar-refractivity contribution in [2.24, 2.45) is 5.41 Å². The average Bonchev–Trinajstić information content (AvgIpc) is 3.40. The first kappa shape index (κ1) is 20.8. The van der Waals surface area contributed by atoms with Crippen molar-refractivity contribution in [3.8, 4) is 5.75 Å². The Morgan fingerprint density at radius 2 is 2.00 bits per heavy atom. The summed E-state index contributed by atoms with van der Waals surface area (Å²) in [4.78, 5) is 30.8. The fourth-order valence-electron chi connectivity index (χ4n) is 6.79. The fraction of sp³-hybridized carbons (Fsp3) is 0.538. The molecule has 0 aliphatic carbocycles. The molecule has 3 saturated heterocycles. The highest BCUT2D eigenvalue weighted by atomic mass is 16.5. The van der Waals surface area contributed by atoms with E-state index in [9.17, 15) is 14.7 Å². The Balaban J connectivity index is 1.57. The molecular formula is C26H31N3O4. The Bertz CT molecular complexity index is 1150. The first-order valence-electron chi connectivity index (χ1n) is 11.8.